The van der Waals surface area contributed by atoms with Crippen LogP contribution in [0.1, 0.15) is 56.6 Å². The first-order valence-electron chi connectivity index (χ1n) is 9.56. The average molecular weight is 417 g/mol. The Kier molecular flexibility index (Phi) is 5.08. The number of primary amides is 1. The highest BCUT2D eigenvalue weighted by Gasteiger charge is 2.42. The molecule has 3 aliphatic rings. The van der Waals surface area contributed by atoms with Gasteiger partial charge in [0.15, 0.2) is 0 Å². The molecule has 5 N–H and O–H groups in total. The lowest BCUT2D eigenvalue weighted by Crippen LogP contribution is -2.50. The molecule has 0 spiro atoms. The Bertz CT molecular complexity index is 994. The lowest BCUT2D eigenvalue weighted by Gasteiger charge is -2.38. The van der Waals surface area contributed by atoms with Gasteiger partial charge in [0.05, 0.1) is 29.6 Å². The smallest absolute Gasteiger partial charge is 0.259 e. The Hall–Kier alpha value is -3.18. The molecule has 11 heteroatoms. The highest BCUT2D eigenvalue weighted by Crippen LogP contribution is 2.40. The third-order valence-electron chi connectivity index (χ3n) is 5.69. The molecule has 0 saturated carbocycles. The van der Waals surface area contributed by atoms with Crippen molar-refractivity contribution < 1.29 is 28.4 Å². The molecule has 30 heavy (non-hydrogen) atoms. The minimum absolute atomic E-state index is 0.0185. The van der Waals surface area contributed by atoms with Gasteiger partial charge in [-0.3, -0.25) is 39.5 Å². The Morgan fingerprint density at radius 3 is 2.63 bits per heavy atom. The van der Waals surface area contributed by atoms with E-state index in [9.17, 15) is 24.0 Å². The van der Waals surface area contributed by atoms with Crippen molar-refractivity contribution in [2.24, 2.45) is 5.73 Å². The summed E-state index contributed by atoms with van der Waals surface area (Å²) < 4.78 is 15.4. The molecule has 0 radical (unpaired) electrons. The maximum absolute atomic E-state index is 15.4. The predicted molar refractivity (Wildman–Crippen MR) is 99.7 cm³/mol. The summed E-state index contributed by atoms with van der Waals surface area (Å²) in [5.74, 6) is -4.93. The fourth-order valence-electron chi connectivity index (χ4n) is 4.43. The van der Waals surface area contributed by atoms with Gasteiger partial charge in [0, 0.05) is 31.6 Å². The molecular formula is C19H20FN5O5. The van der Waals surface area contributed by atoms with Gasteiger partial charge < -0.3 is 11.1 Å². The van der Waals surface area contributed by atoms with Gasteiger partial charge in [0.1, 0.15) is 5.82 Å². The van der Waals surface area contributed by atoms with E-state index >= 15 is 4.39 Å². The van der Waals surface area contributed by atoms with Crippen molar-refractivity contribution in [2.75, 3.05) is 26.2 Å². The summed E-state index contributed by atoms with van der Waals surface area (Å²) in [5.41, 5.74) is 5.28. The number of halogens is 1. The van der Waals surface area contributed by atoms with Crippen LogP contribution in [0.3, 0.4) is 0 Å². The van der Waals surface area contributed by atoms with Gasteiger partial charge in [-0.2, -0.15) is 0 Å². The Morgan fingerprint density at radius 2 is 1.93 bits per heavy atom. The maximum Gasteiger partial charge on any atom is 0.259 e. The van der Waals surface area contributed by atoms with Crippen LogP contribution in [0.2, 0.25) is 0 Å². The van der Waals surface area contributed by atoms with Crippen LogP contribution in [0.15, 0.2) is 6.07 Å². The zero-order chi connectivity index (χ0) is 21.6. The first-order valence-corrected chi connectivity index (χ1v) is 9.56. The molecule has 5 amide bonds. The standard InChI is InChI=1S/C19H20FN5O5/c20-10-5-9-15(19(30)24-18(9)29)14(8-1-2-13(27)23-17(8)28)16(10)11-6-22-3-4-25(11)7-12(21)26/h5,8,11,22H,1-4,6-7H2,(H2,21,26)(H,23,27,28)(H,24,29,30). The van der Waals surface area contributed by atoms with E-state index < -0.39 is 47.3 Å². The average Bonchev–Trinajstić information content (AvgIpc) is 2.95. The van der Waals surface area contributed by atoms with E-state index in [0.29, 0.717) is 13.1 Å². The van der Waals surface area contributed by atoms with Gasteiger partial charge in [0.25, 0.3) is 11.8 Å². The quantitative estimate of drug-likeness (QED) is 0.443. The van der Waals surface area contributed by atoms with E-state index in [0.717, 1.165) is 6.07 Å². The summed E-state index contributed by atoms with van der Waals surface area (Å²) in [6.45, 7) is 1.05. The molecule has 3 aliphatic heterocycles. The predicted octanol–water partition coefficient (Wildman–Crippen LogP) is -1.34. The summed E-state index contributed by atoms with van der Waals surface area (Å²) in [5, 5.41) is 7.47. The van der Waals surface area contributed by atoms with Crippen molar-refractivity contribution in [3.63, 3.8) is 0 Å². The molecule has 1 aromatic carbocycles. The van der Waals surface area contributed by atoms with E-state index in [1.165, 1.54) is 0 Å². The zero-order valence-electron chi connectivity index (χ0n) is 15.9. The number of nitrogens with one attached hydrogen (secondary N) is 3. The van der Waals surface area contributed by atoms with E-state index in [1.54, 1.807) is 4.90 Å². The van der Waals surface area contributed by atoms with Crippen LogP contribution in [0.4, 0.5) is 4.39 Å². The highest BCUT2D eigenvalue weighted by atomic mass is 19.1. The van der Waals surface area contributed by atoms with Crippen molar-refractivity contribution in [1.29, 1.82) is 0 Å². The van der Waals surface area contributed by atoms with Gasteiger partial charge in [-0.05, 0) is 18.1 Å². The fourth-order valence-corrected chi connectivity index (χ4v) is 4.43. The topological polar surface area (TPSA) is 151 Å². The molecule has 0 aliphatic carbocycles. The van der Waals surface area contributed by atoms with Crippen molar-refractivity contribution in [2.45, 2.75) is 24.8 Å². The van der Waals surface area contributed by atoms with Crippen molar-refractivity contribution >= 4 is 29.5 Å². The monoisotopic (exact) mass is 417 g/mol. The minimum Gasteiger partial charge on any atom is -0.369 e. The van der Waals surface area contributed by atoms with Crippen LogP contribution in [0.5, 0.6) is 0 Å². The molecule has 0 bridgehead atoms. The lowest BCUT2D eigenvalue weighted by atomic mass is 9.80. The zero-order valence-corrected chi connectivity index (χ0v) is 15.9. The Morgan fingerprint density at radius 1 is 1.17 bits per heavy atom. The number of carbonyl (C=O) groups is 5. The molecular weight excluding hydrogens is 397 g/mol. The summed E-state index contributed by atoms with van der Waals surface area (Å²) >= 11 is 0. The van der Waals surface area contributed by atoms with E-state index in [2.05, 4.69) is 16.0 Å². The molecule has 1 aromatic rings. The number of benzene rings is 1. The second-order valence-corrected chi connectivity index (χ2v) is 7.55. The van der Waals surface area contributed by atoms with Crippen molar-refractivity contribution in [3.8, 4) is 0 Å². The molecule has 2 saturated heterocycles. The van der Waals surface area contributed by atoms with Crippen molar-refractivity contribution in [1.82, 2.24) is 20.9 Å². The highest BCUT2D eigenvalue weighted by molar-refractivity contribution is 6.23. The van der Waals surface area contributed by atoms with Crippen LogP contribution >= 0.6 is 0 Å². The lowest BCUT2D eigenvalue weighted by molar-refractivity contribution is -0.134. The Balaban J connectivity index is 1.92. The number of amides is 5. The Labute approximate surface area is 170 Å². The summed E-state index contributed by atoms with van der Waals surface area (Å²) in [6, 6.07) is 0.289. The first-order chi connectivity index (χ1) is 14.3. The number of fused-ring (bicyclic) bond motifs is 1. The second kappa shape index (κ2) is 7.58. The summed E-state index contributed by atoms with van der Waals surface area (Å²) in [6.07, 6.45) is 0.0929. The fraction of sp³-hybridized carbons (Fsp3) is 0.421. The number of imide groups is 2. The number of piperazine rings is 1. The molecule has 2 unspecified atom stereocenters. The van der Waals surface area contributed by atoms with E-state index in [4.69, 9.17) is 5.73 Å². The van der Waals surface area contributed by atoms with Gasteiger partial charge in [-0.1, -0.05) is 0 Å². The minimum atomic E-state index is -0.990. The van der Waals surface area contributed by atoms with Gasteiger partial charge in [-0.15, -0.1) is 0 Å². The van der Waals surface area contributed by atoms with Gasteiger partial charge in [-0.25, -0.2) is 4.39 Å². The molecule has 2 atom stereocenters. The van der Waals surface area contributed by atoms with Crippen LogP contribution < -0.4 is 21.7 Å². The number of hydrogen-bond donors (Lipinski definition) is 4. The van der Waals surface area contributed by atoms with Crippen molar-refractivity contribution in [3.05, 3.63) is 34.1 Å². The van der Waals surface area contributed by atoms with Crippen LogP contribution in [0.25, 0.3) is 0 Å². The third kappa shape index (κ3) is 3.35. The molecule has 10 nitrogen and oxygen atoms in total. The summed E-state index contributed by atoms with van der Waals surface area (Å²) in [7, 11) is 0. The van der Waals surface area contributed by atoms with Gasteiger partial charge in [0.2, 0.25) is 17.7 Å². The largest absolute Gasteiger partial charge is 0.369 e. The van der Waals surface area contributed by atoms with Crippen LogP contribution in [-0.4, -0.2) is 60.6 Å². The molecule has 3 heterocycles. The van der Waals surface area contributed by atoms with E-state index in [1.807, 2.05) is 0 Å². The second-order valence-electron chi connectivity index (χ2n) is 7.55. The number of nitrogens with zero attached hydrogens (tertiary/aromatic N) is 1. The number of nitrogens with two attached hydrogens (primary N) is 1. The molecule has 158 valence electrons. The molecule has 2 fully saturated rings. The van der Waals surface area contributed by atoms with E-state index in [-0.39, 0.29) is 48.2 Å². The van der Waals surface area contributed by atoms with Crippen LogP contribution in [0, 0.1) is 5.82 Å². The molecule has 0 aromatic heterocycles. The maximum atomic E-state index is 15.4. The normalized spacial score (nSPS) is 24.4. The first kappa shape index (κ1) is 20.1. The number of hydrogen-bond acceptors (Lipinski definition) is 7. The van der Waals surface area contributed by atoms with Crippen LogP contribution in [-0.2, 0) is 14.4 Å². The number of carbonyl (C=O) groups excluding carboxylic acids is 5. The third-order valence-corrected chi connectivity index (χ3v) is 5.69. The van der Waals surface area contributed by atoms with Gasteiger partial charge >= 0.3 is 0 Å². The molecule has 4 rings (SSSR count). The summed E-state index contributed by atoms with van der Waals surface area (Å²) in [4.78, 5) is 62.2. The SMILES string of the molecule is NC(=O)CN1CCNCC1c1c(F)cc2c(c1C1CCC(=O)NC1=O)C(=O)NC2=O. The number of piperidine rings is 1. The number of rotatable bonds is 4.